The molecule has 2 atom stereocenters. The standard InChI is InChI=1S/C15H17ClN4O2/c1-10-7-19(8-11(2)22-10)15(21)13-9-20(18-17-13)14-6-4-3-5-12(14)16/h3-6,9-11H,7-8H2,1-2H3/t10-,11-/m0/s1. The van der Waals surface area contributed by atoms with Gasteiger partial charge in [-0.05, 0) is 26.0 Å². The highest BCUT2D eigenvalue weighted by atomic mass is 35.5. The van der Waals surface area contributed by atoms with Gasteiger partial charge in [0.1, 0.15) is 0 Å². The topological polar surface area (TPSA) is 60.2 Å². The summed E-state index contributed by atoms with van der Waals surface area (Å²) in [6.45, 7) is 5.03. The molecule has 0 saturated carbocycles. The summed E-state index contributed by atoms with van der Waals surface area (Å²) in [7, 11) is 0. The minimum atomic E-state index is -0.139. The van der Waals surface area contributed by atoms with Crippen LogP contribution in [-0.2, 0) is 4.74 Å². The van der Waals surface area contributed by atoms with E-state index in [1.807, 2.05) is 32.0 Å². The van der Waals surface area contributed by atoms with E-state index in [4.69, 9.17) is 16.3 Å². The fourth-order valence-electron chi connectivity index (χ4n) is 2.62. The summed E-state index contributed by atoms with van der Waals surface area (Å²) in [4.78, 5) is 14.3. The Morgan fingerprint density at radius 1 is 1.27 bits per heavy atom. The van der Waals surface area contributed by atoms with Crippen LogP contribution in [-0.4, -0.2) is 51.1 Å². The van der Waals surface area contributed by atoms with Gasteiger partial charge in [0, 0.05) is 13.1 Å². The van der Waals surface area contributed by atoms with Gasteiger partial charge in [-0.25, -0.2) is 4.68 Å². The lowest BCUT2D eigenvalue weighted by molar-refractivity contribution is -0.0587. The largest absolute Gasteiger partial charge is 0.372 e. The predicted octanol–water partition coefficient (Wildman–Crippen LogP) is 2.17. The van der Waals surface area contributed by atoms with Gasteiger partial charge in [0.2, 0.25) is 0 Å². The van der Waals surface area contributed by atoms with Gasteiger partial charge in [0.25, 0.3) is 5.91 Å². The molecule has 116 valence electrons. The summed E-state index contributed by atoms with van der Waals surface area (Å²) < 4.78 is 7.16. The van der Waals surface area contributed by atoms with Gasteiger partial charge in [-0.15, -0.1) is 5.10 Å². The highest BCUT2D eigenvalue weighted by Crippen LogP contribution is 2.19. The Morgan fingerprint density at radius 3 is 2.64 bits per heavy atom. The Hall–Kier alpha value is -1.92. The van der Waals surface area contributed by atoms with E-state index in [-0.39, 0.29) is 18.1 Å². The molecule has 1 fully saturated rings. The number of nitrogens with zero attached hydrogens (tertiary/aromatic N) is 4. The van der Waals surface area contributed by atoms with Crippen molar-refractivity contribution in [1.82, 2.24) is 19.9 Å². The molecule has 3 rings (SSSR count). The summed E-state index contributed by atoms with van der Waals surface area (Å²) in [5, 5.41) is 8.54. The van der Waals surface area contributed by atoms with E-state index in [2.05, 4.69) is 10.3 Å². The predicted molar refractivity (Wildman–Crippen MR) is 82.3 cm³/mol. The maximum absolute atomic E-state index is 12.5. The summed E-state index contributed by atoms with van der Waals surface area (Å²) in [6.07, 6.45) is 1.64. The van der Waals surface area contributed by atoms with Crippen molar-refractivity contribution in [2.75, 3.05) is 13.1 Å². The lowest BCUT2D eigenvalue weighted by atomic mass is 10.2. The Labute approximate surface area is 133 Å². The lowest BCUT2D eigenvalue weighted by Gasteiger charge is -2.34. The van der Waals surface area contributed by atoms with Gasteiger partial charge in [-0.3, -0.25) is 4.79 Å². The molecule has 0 aliphatic carbocycles. The van der Waals surface area contributed by atoms with Crippen molar-refractivity contribution in [3.63, 3.8) is 0 Å². The van der Waals surface area contributed by atoms with E-state index < -0.39 is 0 Å². The summed E-state index contributed by atoms with van der Waals surface area (Å²) in [6, 6.07) is 7.29. The average Bonchev–Trinajstić information content (AvgIpc) is 2.95. The Morgan fingerprint density at radius 2 is 1.95 bits per heavy atom. The van der Waals surface area contributed by atoms with Crippen LogP contribution in [0.3, 0.4) is 0 Å². The van der Waals surface area contributed by atoms with Crippen LogP contribution in [0, 0.1) is 0 Å². The van der Waals surface area contributed by atoms with E-state index in [0.29, 0.717) is 29.5 Å². The molecule has 1 saturated heterocycles. The number of morpholine rings is 1. The molecule has 7 heteroatoms. The van der Waals surface area contributed by atoms with E-state index in [1.165, 1.54) is 4.68 Å². The number of para-hydroxylation sites is 1. The number of halogens is 1. The molecule has 0 radical (unpaired) electrons. The van der Waals surface area contributed by atoms with Gasteiger partial charge >= 0.3 is 0 Å². The van der Waals surface area contributed by atoms with Gasteiger partial charge in [0.05, 0.1) is 29.1 Å². The molecule has 0 spiro atoms. The third kappa shape index (κ3) is 2.98. The highest BCUT2D eigenvalue weighted by Gasteiger charge is 2.28. The first kappa shape index (κ1) is 15.0. The van der Waals surface area contributed by atoms with Crippen LogP contribution >= 0.6 is 11.6 Å². The van der Waals surface area contributed by atoms with Crippen LogP contribution in [0.4, 0.5) is 0 Å². The number of rotatable bonds is 2. The molecule has 6 nitrogen and oxygen atoms in total. The monoisotopic (exact) mass is 320 g/mol. The molecule has 1 aliphatic rings. The fraction of sp³-hybridized carbons (Fsp3) is 0.400. The second-order valence-electron chi connectivity index (χ2n) is 5.47. The first-order valence-corrected chi connectivity index (χ1v) is 7.54. The minimum Gasteiger partial charge on any atom is -0.372 e. The summed E-state index contributed by atoms with van der Waals surface area (Å²) in [5.41, 5.74) is 1.00. The summed E-state index contributed by atoms with van der Waals surface area (Å²) in [5.74, 6) is -0.139. The Bertz CT molecular complexity index is 678. The van der Waals surface area contributed by atoms with Crippen LogP contribution in [0.1, 0.15) is 24.3 Å². The molecule has 2 aromatic rings. The van der Waals surface area contributed by atoms with Gasteiger partial charge < -0.3 is 9.64 Å². The quantitative estimate of drug-likeness (QED) is 0.851. The maximum atomic E-state index is 12.5. The first-order valence-electron chi connectivity index (χ1n) is 7.16. The second kappa shape index (κ2) is 6.06. The molecule has 1 amide bonds. The number of hydrogen-bond acceptors (Lipinski definition) is 4. The number of benzene rings is 1. The van der Waals surface area contributed by atoms with Crippen LogP contribution in [0.5, 0.6) is 0 Å². The zero-order valence-electron chi connectivity index (χ0n) is 12.4. The molecule has 0 unspecified atom stereocenters. The Balaban J connectivity index is 1.82. The number of carbonyl (C=O) groups is 1. The maximum Gasteiger partial charge on any atom is 0.276 e. The normalized spacial score (nSPS) is 21.9. The zero-order chi connectivity index (χ0) is 15.7. The van der Waals surface area contributed by atoms with Crippen LogP contribution in [0.25, 0.3) is 5.69 Å². The van der Waals surface area contributed by atoms with Gasteiger partial charge in [0.15, 0.2) is 5.69 Å². The van der Waals surface area contributed by atoms with Crippen molar-refractivity contribution in [2.45, 2.75) is 26.1 Å². The van der Waals surface area contributed by atoms with Crippen molar-refractivity contribution in [1.29, 1.82) is 0 Å². The molecular formula is C15H17ClN4O2. The third-order valence-corrected chi connectivity index (χ3v) is 3.84. The fourth-order valence-corrected chi connectivity index (χ4v) is 2.85. The Kier molecular flexibility index (Phi) is 4.13. The van der Waals surface area contributed by atoms with E-state index in [0.717, 1.165) is 0 Å². The summed E-state index contributed by atoms with van der Waals surface area (Å²) >= 11 is 6.13. The SMILES string of the molecule is C[C@H]1CN(C(=O)c2cn(-c3ccccc3Cl)nn2)C[C@H](C)O1. The van der Waals surface area contributed by atoms with E-state index in [1.54, 1.807) is 17.2 Å². The van der Waals surface area contributed by atoms with Crippen molar-refractivity contribution >= 4 is 17.5 Å². The number of ether oxygens (including phenoxy) is 1. The minimum absolute atomic E-state index is 0.0197. The molecule has 0 N–H and O–H groups in total. The lowest BCUT2D eigenvalue weighted by Crippen LogP contribution is -2.48. The molecular weight excluding hydrogens is 304 g/mol. The highest BCUT2D eigenvalue weighted by molar-refractivity contribution is 6.32. The molecule has 1 aromatic carbocycles. The molecule has 2 heterocycles. The number of carbonyl (C=O) groups excluding carboxylic acids is 1. The van der Waals surface area contributed by atoms with Crippen molar-refractivity contribution in [3.8, 4) is 5.69 Å². The molecule has 0 bridgehead atoms. The second-order valence-corrected chi connectivity index (χ2v) is 5.87. The molecule has 1 aromatic heterocycles. The van der Waals surface area contributed by atoms with Crippen LogP contribution < -0.4 is 0 Å². The van der Waals surface area contributed by atoms with Crippen LogP contribution in [0.2, 0.25) is 5.02 Å². The van der Waals surface area contributed by atoms with Crippen molar-refractivity contribution in [3.05, 3.63) is 41.2 Å². The van der Waals surface area contributed by atoms with Gasteiger partial charge in [-0.2, -0.15) is 0 Å². The zero-order valence-corrected chi connectivity index (χ0v) is 13.2. The number of aromatic nitrogens is 3. The average molecular weight is 321 g/mol. The molecule has 1 aliphatic heterocycles. The number of amides is 1. The van der Waals surface area contributed by atoms with Crippen LogP contribution in [0.15, 0.2) is 30.5 Å². The number of hydrogen-bond donors (Lipinski definition) is 0. The molecule has 22 heavy (non-hydrogen) atoms. The van der Waals surface area contributed by atoms with Gasteiger partial charge in [-0.1, -0.05) is 28.9 Å². The van der Waals surface area contributed by atoms with E-state index in [9.17, 15) is 4.79 Å². The smallest absolute Gasteiger partial charge is 0.276 e. The van der Waals surface area contributed by atoms with Crippen molar-refractivity contribution < 1.29 is 9.53 Å². The van der Waals surface area contributed by atoms with Crippen molar-refractivity contribution in [2.24, 2.45) is 0 Å². The first-order chi connectivity index (χ1) is 10.5. The van der Waals surface area contributed by atoms with E-state index >= 15 is 0 Å². The third-order valence-electron chi connectivity index (χ3n) is 3.52.